The van der Waals surface area contributed by atoms with Gasteiger partial charge in [-0.2, -0.15) is 0 Å². The zero-order chi connectivity index (χ0) is 18.4. The van der Waals surface area contributed by atoms with E-state index in [0.29, 0.717) is 12.5 Å². The summed E-state index contributed by atoms with van der Waals surface area (Å²) in [4.78, 5) is 11.3. The molecular formula is C15H13F2NO6S. The van der Waals surface area contributed by atoms with Crippen LogP contribution in [-0.4, -0.2) is 31.8 Å². The molecule has 1 aromatic heterocycles. The molecule has 0 saturated carbocycles. The maximum atomic E-state index is 13.4. The molecule has 2 heterocycles. The first kappa shape index (κ1) is 17.2. The molecule has 25 heavy (non-hydrogen) atoms. The number of carbonyl (C=O) groups is 1. The molecule has 0 bridgehead atoms. The number of esters is 1. The van der Waals surface area contributed by atoms with Crippen LogP contribution in [0.1, 0.15) is 13.3 Å². The summed E-state index contributed by atoms with van der Waals surface area (Å²) in [5.74, 6) is -4.87. The number of hydrogen-bond acceptors (Lipinski definition) is 6. The van der Waals surface area contributed by atoms with Gasteiger partial charge >= 0.3 is 5.97 Å². The molecule has 0 unspecified atom stereocenters. The lowest BCUT2D eigenvalue weighted by Gasteiger charge is -2.14. The molecular weight excluding hydrogens is 360 g/mol. The number of aromatic hydroxyl groups is 1. The van der Waals surface area contributed by atoms with Crippen molar-refractivity contribution in [2.45, 2.75) is 13.3 Å². The Morgan fingerprint density at radius 1 is 1.28 bits per heavy atom. The molecule has 1 aliphatic heterocycles. The lowest BCUT2D eigenvalue weighted by atomic mass is 10.1. The van der Waals surface area contributed by atoms with Crippen LogP contribution < -0.4 is 9.04 Å². The highest BCUT2D eigenvalue weighted by Crippen LogP contribution is 2.49. The fourth-order valence-electron chi connectivity index (χ4n) is 2.54. The molecule has 0 amide bonds. The first-order valence-corrected chi connectivity index (χ1v) is 8.81. The summed E-state index contributed by atoms with van der Waals surface area (Å²) in [5.41, 5.74) is -0.175. The number of furan rings is 1. The van der Waals surface area contributed by atoms with Crippen LogP contribution in [-0.2, 0) is 14.8 Å². The van der Waals surface area contributed by atoms with E-state index in [4.69, 9.17) is 9.15 Å². The predicted molar refractivity (Wildman–Crippen MR) is 82.8 cm³/mol. The first-order valence-electron chi connectivity index (χ1n) is 7.20. The Labute approximate surface area is 141 Å². The minimum atomic E-state index is -3.71. The highest BCUT2D eigenvalue weighted by molar-refractivity contribution is 7.93. The second-order valence-electron chi connectivity index (χ2n) is 5.41. The largest absolute Gasteiger partial charge is 0.502 e. The third kappa shape index (κ3) is 3.16. The number of benzene rings is 1. The van der Waals surface area contributed by atoms with Crippen LogP contribution in [0.25, 0.3) is 11.3 Å². The average Bonchev–Trinajstić information content (AvgIpc) is 2.98. The molecule has 0 atom stereocenters. The Kier molecular flexibility index (Phi) is 4.15. The van der Waals surface area contributed by atoms with Crippen molar-refractivity contribution in [1.82, 2.24) is 0 Å². The van der Waals surface area contributed by atoms with Crippen LogP contribution in [0, 0.1) is 11.6 Å². The van der Waals surface area contributed by atoms with E-state index in [2.05, 4.69) is 0 Å². The molecule has 1 N–H and O–H groups in total. The minimum absolute atomic E-state index is 0.0561. The zero-order valence-corrected chi connectivity index (χ0v) is 13.8. The number of rotatable bonds is 3. The van der Waals surface area contributed by atoms with Crippen molar-refractivity contribution < 1.29 is 36.3 Å². The van der Waals surface area contributed by atoms with Gasteiger partial charge in [-0.05, 0) is 18.6 Å². The Hall–Kier alpha value is -2.62. The molecule has 7 nitrogen and oxygen atoms in total. The van der Waals surface area contributed by atoms with E-state index in [-0.39, 0.29) is 17.9 Å². The number of ether oxygens (including phenoxy) is 1. The number of halogens is 2. The molecule has 2 aromatic rings. The molecule has 0 spiro atoms. The third-order valence-corrected chi connectivity index (χ3v) is 5.34. The lowest BCUT2D eigenvalue weighted by molar-refractivity contribution is -0.132. The van der Waals surface area contributed by atoms with Crippen molar-refractivity contribution in [2.75, 3.05) is 16.6 Å². The number of anilines is 1. The highest BCUT2D eigenvalue weighted by Gasteiger charge is 2.37. The van der Waals surface area contributed by atoms with Crippen LogP contribution in [0.5, 0.6) is 11.5 Å². The number of carbonyl (C=O) groups excluding carboxylic acids is 1. The second-order valence-corrected chi connectivity index (χ2v) is 7.42. The normalized spacial score (nSPS) is 16.2. The van der Waals surface area contributed by atoms with Gasteiger partial charge in [0.2, 0.25) is 21.5 Å². The van der Waals surface area contributed by atoms with Crippen molar-refractivity contribution in [3.8, 4) is 22.8 Å². The van der Waals surface area contributed by atoms with Crippen LogP contribution in [0.2, 0.25) is 0 Å². The molecule has 0 aliphatic carbocycles. The summed E-state index contributed by atoms with van der Waals surface area (Å²) in [7, 11) is -3.71. The number of sulfonamides is 1. The molecule has 10 heteroatoms. The van der Waals surface area contributed by atoms with Crippen LogP contribution in [0.4, 0.5) is 14.7 Å². The summed E-state index contributed by atoms with van der Waals surface area (Å²) < 4.78 is 62.1. The van der Waals surface area contributed by atoms with E-state index in [1.165, 1.54) is 0 Å². The highest BCUT2D eigenvalue weighted by atomic mass is 32.2. The summed E-state index contributed by atoms with van der Waals surface area (Å²) in [6, 6.07) is 2.41. The van der Waals surface area contributed by atoms with Gasteiger partial charge in [-0.1, -0.05) is 0 Å². The minimum Gasteiger partial charge on any atom is -0.502 e. The first-order chi connectivity index (χ1) is 11.7. The monoisotopic (exact) mass is 373 g/mol. The van der Waals surface area contributed by atoms with Gasteiger partial charge < -0.3 is 14.3 Å². The maximum absolute atomic E-state index is 13.4. The summed E-state index contributed by atoms with van der Waals surface area (Å²) >= 11 is 0. The van der Waals surface area contributed by atoms with Crippen molar-refractivity contribution in [1.29, 1.82) is 0 Å². The smallest absolute Gasteiger partial charge is 0.308 e. The zero-order valence-electron chi connectivity index (χ0n) is 13.0. The Morgan fingerprint density at radius 2 is 1.92 bits per heavy atom. The van der Waals surface area contributed by atoms with Gasteiger partial charge in [0.1, 0.15) is 11.6 Å². The summed E-state index contributed by atoms with van der Waals surface area (Å²) in [6.07, 6.45) is 0.313. The van der Waals surface area contributed by atoms with Gasteiger partial charge in [-0.25, -0.2) is 21.5 Å². The van der Waals surface area contributed by atoms with Crippen LogP contribution in [0.3, 0.4) is 0 Å². The van der Waals surface area contributed by atoms with E-state index in [9.17, 15) is 27.1 Å². The van der Waals surface area contributed by atoms with Crippen molar-refractivity contribution in [3.05, 3.63) is 29.8 Å². The standard InChI is InChI=1S/C15H13F2NO6S/c1-8(19)23-14-12(20)13(9-5-10(16)7-11(17)6-9)24-15(14)18-3-2-4-25(18,21)22/h5-7,20H,2-4H2,1H3. The van der Waals surface area contributed by atoms with Gasteiger partial charge in [-0.3, -0.25) is 4.79 Å². The molecule has 3 rings (SSSR count). The fraction of sp³-hybridized carbons (Fsp3) is 0.267. The Morgan fingerprint density at radius 3 is 2.44 bits per heavy atom. The van der Waals surface area contributed by atoms with E-state index in [0.717, 1.165) is 23.4 Å². The van der Waals surface area contributed by atoms with E-state index in [1.54, 1.807) is 0 Å². The molecule has 1 aromatic carbocycles. The molecule has 0 radical (unpaired) electrons. The number of hydrogen-bond donors (Lipinski definition) is 1. The average molecular weight is 373 g/mol. The topological polar surface area (TPSA) is 97.0 Å². The predicted octanol–water partition coefficient (Wildman–Crippen LogP) is 2.40. The molecule has 1 saturated heterocycles. The molecule has 1 fully saturated rings. The van der Waals surface area contributed by atoms with Crippen LogP contribution in [0.15, 0.2) is 22.6 Å². The summed E-state index contributed by atoms with van der Waals surface area (Å²) in [6.45, 7) is 1.11. The lowest BCUT2D eigenvalue weighted by Crippen LogP contribution is -2.25. The number of nitrogens with zero attached hydrogens (tertiary/aromatic N) is 1. The van der Waals surface area contributed by atoms with E-state index < -0.39 is 50.8 Å². The van der Waals surface area contributed by atoms with Gasteiger partial charge in [0.05, 0.1) is 5.75 Å². The summed E-state index contributed by atoms with van der Waals surface area (Å²) in [5, 5.41) is 10.3. The van der Waals surface area contributed by atoms with E-state index >= 15 is 0 Å². The van der Waals surface area contributed by atoms with E-state index in [1.807, 2.05) is 0 Å². The Bertz CT molecular complexity index is 933. The second kappa shape index (κ2) is 6.03. The van der Waals surface area contributed by atoms with Crippen LogP contribution >= 0.6 is 0 Å². The van der Waals surface area contributed by atoms with Gasteiger partial charge in [0.25, 0.3) is 5.88 Å². The molecule has 134 valence electrons. The van der Waals surface area contributed by atoms with Crippen molar-refractivity contribution >= 4 is 21.9 Å². The fourth-order valence-corrected chi connectivity index (χ4v) is 4.04. The van der Waals surface area contributed by atoms with Crippen molar-refractivity contribution in [2.24, 2.45) is 0 Å². The van der Waals surface area contributed by atoms with Gasteiger partial charge in [0.15, 0.2) is 5.76 Å². The van der Waals surface area contributed by atoms with Gasteiger partial charge in [-0.15, -0.1) is 0 Å². The quantitative estimate of drug-likeness (QED) is 0.830. The van der Waals surface area contributed by atoms with Gasteiger partial charge in [0, 0.05) is 25.1 Å². The van der Waals surface area contributed by atoms with Crippen molar-refractivity contribution in [3.63, 3.8) is 0 Å². The molecule has 1 aliphatic rings. The SMILES string of the molecule is CC(=O)Oc1c(N2CCCS2(=O)=O)oc(-c2cc(F)cc(F)c2)c1O. The Balaban J connectivity index is 2.20. The maximum Gasteiger partial charge on any atom is 0.308 e. The third-order valence-electron chi connectivity index (χ3n) is 3.52.